The van der Waals surface area contributed by atoms with Crippen molar-refractivity contribution in [2.24, 2.45) is 0 Å². The molecular formula is C19H24N2O2. The maximum absolute atomic E-state index is 12.3. The Bertz CT molecular complexity index is 636. The van der Waals surface area contributed by atoms with Crippen molar-refractivity contribution in [3.05, 3.63) is 54.1 Å². The largest absolute Gasteiger partial charge is 0.494 e. The predicted molar refractivity (Wildman–Crippen MR) is 95.6 cm³/mol. The van der Waals surface area contributed by atoms with Crippen LogP contribution >= 0.6 is 0 Å². The minimum atomic E-state index is -0.124. The molecule has 122 valence electrons. The molecule has 2 rings (SSSR count). The Morgan fingerprint density at radius 1 is 1.13 bits per heavy atom. The molecule has 0 aliphatic carbocycles. The van der Waals surface area contributed by atoms with Gasteiger partial charge in [-0.25, -0.2) is 0 Å². The first-order valence-corrected chi connectivity index (χ1v) is 7.91. The monoisotopic (exact) mass is 312 g/mol. The van der Waals surface area contributed by atoms with Gasteiger partial charge in [0.2, 0.25) is 0 Å². The van der Waals surface area contributed by atoms with Gasteiger partial charge in [-0.3, -0.25) is 4.79 Å². The molecule has 0 saturated heterocycles. The molecule has 0 aliphatic heterocycles. The van der Waals surface area contributed by atoms with Crippen molar-refractivity contribution in [2.45, 2.75) is 19.8 Å². The SMILES string of the molecule is CCCCOc1ccc(C(=O)Nc2cccc(N(C)C)c2)cc1. The van der Waals surface area contributed by atoms with E-state index in [0.29, 0.717) is 12.2 Å². The van der Waals surface area contributed by atoms with Crippen LogP contribution in [0, 0.1) is 0 Å². The van der Waals surface area contributed by atoms with E-state index in [4.69, 9.17) is 4.74 Å². The number of unbranched alkanes of at least 4 members (excludes halogenated alkanes) is 1. The lowest BCUT2D eigenvalue weighted by atomic mass is 10.2. The van der Waals surface area contributed by atoms with Crippen LogP contribution in [-0.2, 0) is 0 Å². The van der Waals surface area contributed by atoms with Gasteiger partial charge in [0.15, 0.2) is 0 Å². The zero-order valence-electron chi connectivity index (χ0n) is 14.0. The van der Waals surface area contributed by atoms with Crippen molar-refractivity contribution in [3.63, 3.8) is 0 Å². The lowest BCUT2D eigenvalue weighted by molar-refractivity contribution is 0.102. The smallest absolute Gasteiger partial charge is 0.255 e. The Labute approximate surface area is 138 Å². The molecule has 0 aliphatic rings. The Morgan fingerprint density at radius 2 is 1.87 bits per heavy atom. The zero-order chi connectivity index (χ0) is 16.7. The Hall–Kier alpha value is -2.49. The number of benzene rings is 2. The average Bonchev–Trinajstić information content (AvgIpc) is 2.56. The van der Waals surface area contributed by atoms with Crippen molar-refractivity contribution in [1.82, 2.24) is 0 Å². The van der Waals surface area contributed by atoms with Crippen LogP contribution < -0.4 is 15.0 Å². The number of hydrogen-bond acceptors (Lipinski definition) is 3. The van der Waals surface area contributed by atoms with Crippen molar-refractivity contribution in [3.8, 4) is 5.75 Å². The summed E-state index contributed by atoms with van der Waals surface area (Å²) in [5, 5.41) is 2.92. The first-order valence-electron chi connectivity index (χ1n) is 7.91. The van der Waals surface area contributed by atoms with E-state index in [1.807, 2.05) is 55.4 Å². The van der Waals surface area contributed by atoms with E-state index in [9.17, 15) is 4.79 Å². The van der Waals surface area contributed by atoms with E-state index in [2.05, 4.69) is 12.2 Å². The molecule has 4 heteroatoms. The fraction of sp³-hybridized carbons (Fsp3) is 0.316. The van der Waals surface area contributed by atoms with Crippen LogP contribution in [0.1, 0.15) is 30.1 Å². The topological polar surface area (TPSA) is 41.6 Å². The molecule has 1 N–H and O–H groups in total. The molecule has 0 spiro atoms. The molecule has 0 aromatic heterocycles. The molecule has 4 nitrogen and oxygen atoms in total. The maximum Gasteiger partial charge on any atom is 0.255 e. The molecule has 2 aromatic carbocycles. The van der Waals surface area contributed by atoms with Gasteiger partial charge in [-0.2, -0.15) is 0 Å². The summed E-state index contributed by atoms with van der Waals surface area (Å²) in [6, 6.07) is 15.0. The van der Waals surface area contributed by atoms with E-state index in [0.717, 1.165) is 30.0 Å². The Balaban J connectivity index is 1.99. The van der Waals surface area contributed by atoms with Gasteiger partial charge in [0.25, 0.3) is 5.91 Å². The lowest BCUT2D eigenvalue weighted by Gasteiger charge is -2.14. The zero-order valence-corrected chi connectivity index (χ0v) is 14.0. The standard InChI is InChI=1S/C19H24N2O2/c1-4-5-13-23-18-11-9-15(10-12-18)19(22)20-16-7-6-8-17(14-16)21(2)3/h6-12,14H,4-5,13H2,1-3H3,(H,20,22). The average molecular weight is 312 g/mol. The van der Waals surface area contributed by atoms with Gasteiger partial charge >= 0.3 is 0 Å². The number of amides is 1. The Kier molecular flexibility index (Phi) is 6.03. The van der Waals surface area contributed by atoms with Gasteiger partial charge < -0.3 is 15.0 Å². The normalized spacial score (nSPS) is 10.2. The van der Waals surface area contributed by atoms with Crippen molar-refractivity contribution in [1.29, 1.82) is 0 Å². The second-order valence-electron chi connectivity index (χ2n) is 5.63. The van der Waals surface area contributed by atoms with Gasteiger partial charge in [0, 0.05) is 31.0 Å². The van der Waals surface area contributed by atoms with Crippen LogP contribution in [0.2, 0.25) is 0 Å². The number of rotatable bonds is 7. The number of hydrogen-bond donors (Lipinski definition) is 1. The summed E-state index contributed by atoms with van der Waals surface area (Å²) in [5.74, 6) is 0.672. The quantitative estimate of drug-likeness (QED) is 0.780. The minimum absolute atomic E-state index is 0.124. The fourth-order valence-corrected chi connectivity index (χ4v) is 2.10. The second-order valence-corrected chi connectivity index (χ2v) is 5.63. The van der Waals surface area contributed by atoms with Crippen molar-refractivity contribution >= 4 is 17.3 Å². The van der Waals surface area contributed by atoms with Crippen LogP contribution in [0.5, 0.6) is 5.75 Å². The molecule has 2 aromatic rings. The summed E-state index contributed by atoms with van der Waals surface area (Å²) in [5.41, 5.74) is 2.44. The molecule has 0 fully saturated rings. The number of ether oxygens (including phenoxy) is 1. The van der Waals surface area contributed by atoms with E-state index < -0.39 is 0 Å². The Morgan fingerprint density at radius 3 is 2.52 bits per heavy atom. The molecule has 0 radical (unpaired) electrons. The molecule has 1 amide bonds. The van der Waals surface area contributed by atoms with E-state index >= 15 is 0 Å². The number of carbonyl (C=O) groups is 1. The van der Waals surface area contributed by atoms with Gasteiger partial charge in [-0.05, 0) is 48.9 Å². The van der Waals surface area contributed by atoms with Gasteiger partial charge in [-0.1, -0.05) is 19.4 Å². The highest BCUT2D eigenvalue weighted by molar-refractivity contribution is 6.04. The van der Waals surface area contributed by atoms with Gasteiger partial charge in [0.1, 0.15) is 5.75 Å². The molecular weight excluding hydrogens is 288 g/mol. The first kappa shape index (κ1) is 16.9. The summed E-state index contributed by atoms with van der Waals surface area (Å²) in [4.78, 5) is 14.3. The molecule has 23 heavy (non-hydrogen) atoms. The lowest BCUT2D eigenvalue weighted by Crippen LogP contribution is -2.13. The molecule has 0 atom stereocenters. The van der Waals surface area contributed by atoms with Crippen LogP contribution in [0.3, 0.4) is 0 Å². The van der Waals surface area contributed by atoms with Gasteiger partial charge in [0.05, 0.1) is 6.61 Å². The minimum Gasteiger partial charge on any atom is -0.494 e. The molecule has 0 unspecified atom stereocenters. The third-order valence-corrected chi connectivity index (χ3v) is 3.50. The molecule has 0 bridgehead atoms. The summed E-state index contributed by atoms with van der Waals surface area (Å²) in [7, 11) is 3.94. The van der Waals surface area contributed by atoms with Crippen molar-refractivity contribution < 1.29 is 9.53 Å². The van der Waals surface area contributed by atoms with Crippen molar-refractivity contribution in [2.75, 3.05) is 30.9 Å². The van der Waals surface area contributed by atoms with Crippen LogP contribution in [0.4, 0.5) is 11.4 Å². The van der Waals surface area contributed by atoms with E-state index in [-0.39, 0.29) is 5.91 Å². The highest BCUT2D eigenvalue weighted by Gasteiger charge is 2.07. The highest BCUT2D eigenvalue weighted by atomic mass is 16.5. The number of anilines is 2. The number of nitrogens with one attached hydrogen (secondary N) is 1. The number of carbonyl (C=O) groups excluding carboxylic acids is 1. The second kappa shape index (κ2) is 8.22. The fourth-order valence-electron chi connectivity index (χ4n) is 2.10. The summed E-state index contributed by atoms with van der Waals surface area (Å²) < 4.78 is 5.60. The number of nitrogens with zero attached hydrogens (tertiary/aromatic N) is 1. The summed E-state index contributed by atoms with van der Waals surface area (Å²) >= 11 is 0. The third kappa shape index (κ3) is 5.02. The van der Waals surface area contributed by atoms with Crippen LogP contribution in [-0.4, -0.2) is 26.6 Å². The van der Waals surface area contributed by atoms with Gasteiger partial charge in [-0.15, -0.1) is 0 Å². The maximum atomic E-state index is 12.3. The highest BCUT2D eigenvalue weighted by Crippen LogP contribution is 2.19. The summed E-state index contributed by atoms with van der Waals surface area (Å²) in [6.07, 6.45) is 2.14. The molecule has 0 heterocycles. The predicted octanol–water partition coefficient (Wildman–Crippen LogP) is 4.18. The third-order valence-electron chi connectivity index (χ3n) is 3.50. The van der Waals surface area contributed by atoms with E-state index in [1.165, 1.54) is 0 Å². The summed E-state index contributed by atoms with van der Waals surface area (Å²) in [6.45, 7) is 2.83. The molecule has 0 saturated carbocycles. The van der Waals surface area contributed by atoms with Crippen LogP contribution in [0.15, 0.2) is 48.5 Å². The van der Waals surface area contributed by atoms with Crippen LogP contribution in [0.25, 0.3) is 0 Å². The first-order chi connectivity index (χ1) is 11.1. The van der Waals surface area contributed by atoms with E-state index in [1.54, 1.807) is 12.1 Å².